The number of alkyl halides is 3. The van der Waals surface area contributed by atoms with Crippen molar-refractivity contribution in [2.45, 2.75) is 36.1 Å². The van der Waals surface area contributed by atoms with Gasteiger partial charge in [0, 0.05) is 10.6 Å². The van der Waals surface area contributed by atoms with Crippen molar-refractivity contribution in [1.29, 1.82) is 0 Å². The van der Waals surface area contributed by atoms with Crippen LogP contribution < -0.4 is 4.74 Å². The third kappa shape index (κ3) is 4.93. The molecule has 1 aliphatic rings. The molecule has 0 heterocycles. The van der Waals surface area contributed by atoms with E-state index in [-0.39, 0.29) is 6.61 Å². The van der Waals surface area contributed by atoms with Gasteiger partial charge in [0.25, 0.3) is 0 Å². The van der Waals surface area contributed by atoms with Crippen LogP contribution in [0.25, 0.3) is 11.1 Å². The average Bonchev–Trinajstić information content (AvgIpc) is 3.27. The van der Waals surface area contributed by atoms with E-state index in [0.29, 0.717) is 11.5 Å². The summed E-state index contributed by atoms with van der Waals surface area (Å²) >= 11 is 1.68. The number of hydrogen-bond donors (Lipinski definition) is 1. The average molecular weight is 459 g/mol. The smallest absolute Gasteiger partial charge is 0.416 e. The van der Waals surface area contributed by atoms with Crippen molar-refractivity contribution in [3.05, 3.63) is 82.9 Å². The van der Waals surface area contributed by atoms with Crippen LogP contribution in [0.1, 0.15) is 28.7 Å². The predicted octanol–water partition coefficient (Wildman–Crippen LogP) is 6.62. The van der Waals surface area contributed by atoms with Crippen molar-refractivity contribution in [3.8, 4) is 16.9 Å². The minimum atomic E-state index is -4.35. The number of ether oxygens (including phenoxy) is 1. The second-order valence-corrected chi connectivity index (χ2v) is 8.59. The highest BCUT2D eigenvalue weighted by atomic mass is 32.2. The Bertz CT molecular complexity index is 1120. The number of benzene rings is 3. The number of carboxylic acids is 1. The lowest BCUT2D eigenvalue weighted by molar-refractivity contribution is -0.139. The van der Waals surface area contributed by atoms with Gasteiger partial charge in [0.2, 0.25) is 0 Å². The van der Waals surface area contributed by atoms with Gasteiger partial charge in [0.15, 0.2) is 6.61 Å². The molecular formula is C25H21F3O3S. The third-order valence-corrected chi connectivity index (χ3v) is 6.62. The van der Waals surface area contributed by atoms with Crippen LogP contribution in [0.15, 0.2) is 65.6 Å². The van der Waals surface area contributed by atoms with E-state index in [1.807, 2.05) is 36.4 Å². The van der Waals surface area contributed by atoms with E-state index in [9.17, 15) is 18.0 Å². The van der Waals surface area contributed by atoms with Crippen molar-refractivity contribution in [2.75, 3.05) is 6.61 Å². The zero-order valence-corrected chi connectivity index (χ0v) is 17.9. The maximum atomic E-state index is 12.9. The van der Waals surface area contributed by atoms with E-state index in [1.54, 1.807) is 11.8 Å². The van der Waals surface area contributed by atoms with Crippen LogP contribution >= 0.6 is 11.8 Å². The zero-order valence-electron chi connectivity index (χ0n) is 17.1. The molecule has 0 unspecified atom stereocenters. The van der Waals surface area contributed by atoms with Crippen molar-refractivity contribution < 1.29 is 27.8 Å². The van der Waals surface area contributed by atoms with Crippen LogP contribution in [0.5, 0.6) is 5.75 Å². The number of rotatable bonds is 7. The molecule has 1 aliphatic carbocycles. The Morgan fingerprint density at radius 3 is 2.41 bits per heavy atom. The zero-order chi connectivity index (χ0) is 22.7. The van der Waals surface area contributed by atoms with Gasteiger partial charge in [-0.05, 0) is 71.3 Å². The van der Waals surface area contributed by atoms with Crippen molar-refractivity contribution in [2.24, 2.45) is 0 Å². The molecular weight excluding hydrogens is 437 g/mol. The van der Waals surface area contributed by atoms with Crippen molar-refractivity contribution in [3.63, 3.8) is 0 Å². The van der Waals surface area contributed by atoms with Crippen LogP contribution in [0.2, 0.25) is 0 Å². The molecule has 0 spiro atoms. The lowest BCUT2D eigenvalue weighted by Crippen LogP contribution is -2.10. The summed E-state index contributed by atoms with van der Waals surface area (Å²) in [5.74, 6) is 0.295. The molecule has 0 atom stereocenters. The number of carboxylic acid groups (broad SMARTS) is 1. The fraction of sp³-hybridized carbons (Fsp3) is 0.240. The molecule has 3 aromatic rings. The normalized spacial score (nSPS) is 13.1. The first kappa shape index (κ1) is 22.3. The van der Waals surface area contributed by atoms with E-state index in [0.717, 1.165) is 58.5 Å². The van der Waals surface area contributed by atoms with Crippen molar-refractivity contribution >= 4 is 17.7 Å². The summed E-state index contributed by atoms with van der Waals surface area (Å²) in [6.45, 7) is -0.362. The number of fused-ring (bicyclic) bond motifs is 1. The summed E-state index contributed by atoms with van der Waals surface area (Å²) in [7, 11) is 0. The number of aliphatic carboxylic acids is 1. The summed E-state index contributed by atoms with van der Waals surface area (Å²) < 4.78 is 44.1. The molecule has 0 radical (unpaired) electrons. The maximum Gasteiger partial charge on any atom is 0.416 e. The Kier molecular flexibility index (Phi) is 6.46. The monoisotopic (exact) mass is 458 g/mol. The summed E-state index contributed by atoms with van der Waals surface area (Å²) in [6, 6.07) is 16.8. The summed E-state index contributed by atoms with van der Waals surface area (Å²) in [4.78, 5) is 12.0. The van der Waals surface area contributed by atoms with Gasteiger partial charge in [-0.15, -0.1) is 11.8 Å². The first-order valence-electron chi connectivity index (χ1n) is 10.2. The summed E-state index contributed by atoms with van der Waals surface area (Å²) in [6.07, 6.45) is -1.57. The third-order valence-electron chi connectivity index (χ3n) is 5.47. The van der Waals surface area contributed by atoms with Crippen LogP contribution in [0, 0.1) is 0 Å². The fourth-order valence-corrected chi connectivity index (χ4v) is 5.10. The molecule has 0 bridgehead atoms. The number of halogens is 3. The molecule has 0 aliphatic heterocycles. The Morgan fingerprint density at radius 1 is 0.969 bits per heavy atom. The van der Waals surface area contributed by atoms with Gasteiger partial charge in [-0.25, -0.2) is 4.79 Å². The molecule has 0 aromatic heterocycles. The molecule has 0 saturated carbocycles. The standard InChI is InChI=1S/C25H21F3O3S/c26-25(27,28)18-10-8-16(9-11-18)19-5-2-1-4-17(19)15-32-23-13-12-22(31-14-24(29)30)20-6-3-7-21(20)23/h1-2,4-5,8-13H,3,6-7,14-15H2,(H,29,30). The molecule has 0 fully saturated rings. The molecule has 7 heteroatoms. The molecule has 3 nitrogen and oxygen atoms in total. The molecule has 166 valence electrons. The summed E-state index contributed by atoms with van der Waals surface area (Å²) in [5, 5.41) is 8.88. The Labute approximate surface area is 188 Å². The first-order chi connectivity index (χ1) is 15.3. The molecule has 32 heavy (non-hydrogen) atoms. The van der Waals surface area contributed by atoms with Gasteiger partial charge in [0.05, 0.1) is 5.56 Å². The number of hydrogen-bond acceptors (Lipinski definition) is 3. The second kappa shape index (κ2) is 9.28. The van der Waals surface area contributed by atoms with Gasteiger partial charge in [0.1, 0.15) is 5.75 Å². The minimum Gasteiger partial charge on any atom is -0.482 e. The SMILES string of the molecule is O=C(O)COc1ccc(SCc2ccccc2-c2ccc(C(F)(F)F)cc2)c2c1CCC2. The Balaban J connectivity index is 1.54. The number of carbonyl (C=O) groups is 1. The van der Waals surface area contributed by atoms with Crippen LogP contribution in [-0.2, 0) is 29.6 Å². The molecule has 3 aromatic carbocycles. The van der Waals surface area contributed by atoms with E-state index >= 15 is 0 Å². The van der Waals surface area contributed by atoms with Gasteiger partial charge in [-0.1, -0.05) is 36.4 Å². The van der Waals surface area contributed by atoms with E-state index < -0.39 is 17.7 Å². The van der Waals surface area contributed by atoms with Crippen LogP contribution in [0.3, 0.4) is 0 Å². The maximum absolute atomic E-state index is 12.9. The highest BCUT2D eigenvalue weighted by Gasteiger charge is 2.30. The lowest BCUT2D eigenvalue weighted by Gasteiger charge is -2.15. The van der Waals surface area contributed by atoms with Gasteiger partial charge < -0.3 is 9.84 Å². The molecule has 4 rings (SSSR count). The van der Waals surface area contributed by atoms with Crippen LogP contribution in [-0.4, -0.2) is 17.7 Å². The molecule has 1 N–H and O–H groups in total. The first-order valence-corrected chi connectivity index (χ1v) is 11.2. The topological polar surface area (TPSA) is 46.5 Å². The minimum absolute atomic E-state index is 0.362. The second-order valence-electron chi connectivity index (χ2n) is 7.58. The Hall–Kier alpha value is -2.93. The van der Waals surface area contributed by atoms with Gasteiger partial charge in [-0.3, -0.25) is 0 Å². The highest BCUT2D eigenvalue weighted by Crippen LogP contribution is 2.40. The number of thioether (sulfide) groups is 1. The van der Waals surface area contributed by atoms with E-state index in [1.165, 1.54) is 17.7 Å². The van der Waals surface area contributed by atoms with Gasteiger partial charge in [-0.2, -0.15) is 13.2 Å². The summed E-state index contributed by atoms with van der Waals surface area (Å²) in [5.41, 5.74) is 4.31. The lowest BCUT2D eigenvalue weighted by atomic mass is 9.99. The molecule has 0 saturated heterocycles. The molecule has 0 amide bonds. The predicted molar refractivity (Wildman–Crippen MR) is 118 cm³/mol. The van der Waals surface area contributed by atoms with Gasteiger partial charge >= 0.3 is 12.1 Å². The highest BCUT2D eigenvalue weighted by molar-refractivity contribution is 7.98. The largest absolute Gasteiger partial charge is 0.482 e. The fourth-order valence-electron chi connectivity index (χ4n) is 3.97. The van der Waals surface area contributed by atoms with E-state index in [2.05, 4.69) is 0 Å². The van der Waals surface area contributed by atoms with E-state index in [4.69, 9.17) is 9.84 Å². The quantitative estimate of drug-likeness (QED) is 0.405. The van der Waals surface area contributed by atoms with Crippen molar-refractivity contribution in [1.82, 2.24) is 0 Å². The van der Waals surface area contributed by atoms with Crippen LogP contribution in [0.4, 0.5) is 13.2 Å². The Morgan fingerprint density at radius 2 is 1.69 bits per heavy atom.